The molecule has 0 amide bonds. The van der Waals surface area contributed by atoms with Crippen LogP contribution in [0.3, 0.4) is 0 Å². The second-order valence-corrected chi connectivity index (χ2v) is 3.89. The summed E-state index contributed by atoms with van der Waals surface area (Å²) in [6.45, 7) is 1.79. The Morgan fingerprint density at radius 3 is 2.47 bits per heavy atom. The molecule has 0 atom stereocenters. The average Bonchev–Trinajstić information content (AvgIpc) is 2.78. The maximum atomic E-state index is 4.97. The highest BCUT2D eigenvalue weighted by Crippen LogP contribution is 2.24. The highest BCUT2D eigenvalue weighted by Gasteiger charge is 2.07. The standard InChI is InChI=1S/C14H14N2O/c1-4-5-14-13(10-17-15-14)11-6-8-12(9-7-11)16(2)3/h6-10H,1-3H3. The smallest absolute Gasteiger partial charge is 0.164 e. The third-order valence-corrected chi connectivity index (χ3v) is 2.51. The Balaban J connectivity index is 2.39. The molecule has 0 aliphatic carbocycles. The normalized spacial score (nSPS) is 9.59. The molecular weight excluding hydrogens is 212 g/mol. The summed E-state index contributed by atoms with van der Waals surface area (Å²) in [5, 5.41) is 3.88. The summed E-state index contributed by atoms with van der Waals surface area (Å²) in [7, 11) is 4.03. The van der Waals surface area contributed by atoms with Crippen LogP contribution < -0.4 is 4.90 Å². The minimum atomic E-state index is 0.685. The second-order valence-electron chi connectivity index (χ2n) is 3.89. The van der Waals surface area contributed by atoms with Crippen LogP contribution in [0, 0.1) is 11.8 Å². The summed E-state index contributed by atoms with van der Waals surface area (Å²) in [5.74, 6) is 5.76. The zero-order valence-electron chi connectivity index (χ0n) is 10.2. The van der Waals surface area contributed by atoms with Gasteiger partial charge in [-0.1, -0.05) is 23.2 Å². The quantitative estimate of drug-likeness (QED) is 0.737. The van der Waals surface area contributed by atoms with E-state index in [1.807, 2.05) is 26.2 Å². The van der Waals surface area contributed by atoms with E-state index >= 15 is 0 Å². The molecule has 1 aromatic carbocycles. The van der Waals surface area contributed by atoms with Crippen molar-refractivity contribution in [1.82, 2.24) is 5.16 Å². The Bertz CT molecular complexity index is 556. The van der Waals surface area contributed by atoms with Crippen molar-refractivity contribution in [3.05, 3.63) is 36.2 Å². The van der Waals surface area contributed by atoms with Crippen LogP contribution in [0.25, 0.3) is 11.1 Å². The van der Waals surface area contributed by atoms with E-state index in [4.69, 9.17) is 4.52 Å². The van der Waals surface area contributed by atoms with E-state index in [1.54, 1.807) is 13.2 Å². The van der Waals surface area contributed by atoms with Crippen LogP contribution in [0.2, 0.25) is 0 Å². The maximum Gasteiger partial charge on any atom is 0.164 e. The first-order valence-electron chi connectivity index (χ1n) is 5.37. The van der Waals surface area contributed by atoms with Crippen LogP contribution in [0.4, 0.5) is 5.69 Å². The van der Waals surface area contributed by atoms with Gasteiger partial charge >= 0.3 is 0 Å². The van der Waals surface area contributed by atoms with Gasteiger partial charge in [0.2, 0.25) is 0 Å². The lowest BCUT2D eigenvalue weighted by molar-refractivity contribution is 0.418. The van der Waals surface area contributed by atoms with Crippen molar-refractivity contribution >= 4 is 5.69 Å². The van der Waals surface area contributed by atoms with E-state index in [1.165, 1.54) is 0 Å². The number of hydrogen-bond donors (Lipinski definition) is 0. The van der Waals surface area contributed by atoms with Gasteiger partial charge in [-0.25, -0.2) is 0 Å². The lowest BCUT2D eigenvalue weighted by Crippen LogP contribution is -2.07. The molecule has 0 radical (unpaired) electrons. The molecule has 3 nitrogen and oxygen atoms in total. The van der Waals surface area contributed by atoms with Gasteiger partial charge < -0.3 is 9.42 Å². The minimum Gasteiger partial charge on any atom is -0.378 e. The zero-order valence-corrected chi connectivity index (χ0v) is 10.2. The third kappa shape index (κ3) is 2.31. The van der Waals surface area contributed by atoms with E-state index in [2.05, 4.69) is 34.0 Å². The van der Waals surface area contributed by atoms with Gasteiger partial charge in [0.15, 0.2) is 5.69 Å². The van der Waals surface area contributed by atoms with Crippen molar-refractivity contribution in [2.24, 2.45) is 0 Å². The summed E-state index contributed by atoms with van der Waals surface area (Å²) in [6.07, 6.45) is 1.63. The molecule has 1 aromatic heterocycles. The molecule has 2 aromatic rings. The topological polar surface area (TPSA) is 29.3 Å². The van der Waals surface area contributed by atoms with E-state index < -0.39 is 0 Å². The molecule has 3 heteroatoms. The van der Waals surface area contributed by atoms with Crippen molar-refractivity contribution in [2.75, 3.05) is 19.0 Å². The highest BCUT2D eigenvalue weighted by atomic mass is 16.5. The Kier molecular flexibility index (Phi) is 3.15. The molecule has 0 N–H and O–H groups in total. The van der Waals surface area contributed by atoms with E-state index in [0.717, 1.165) is 16.8 Å². The maximum absolute atomic E-state index is 4.97. The molecule has 0 aliphatic heterocycles. The Labute approximate surface area is 101 Å². The van der Waals surface area contributed by atoms with E-state index in [0.29, 0.717) is 5.69 Å². The minimum absolute atomic E-state index is 0.685. The molecule has 0 saturated carbocycles. The van der Waals surface area contributed by atoms with Crippen LogP contribution in [-0.2, 0) is 0 Å². The van der Waals surface area contributed by atoms with Crippen LogP contribution >= 0.6 is 0 Å². The molecule has 0 fully saturated rings. The van der Waals surface area contributed by atoms with Crippen molar-refractivity contribution in [3.8, 4) is 23.0 Å². The summed E-state index contributed by atoms with van der Waals surface area (Å²) in [4.78, 5) is 2.06. The molecule has 0 spiro atoms. The van der Waals surface area contributed by atoms with Gasteiger partial charge in [-0.3, -0.25) is 0 Å². The number of anilines is 1. The molecular formula is C14H14N2O. The van der Waals surface area contributed by atoms with Gasteiger partial charge in [-0.05, 0) is 30.5 Å². The molecule has 86 valence electrons. The van der Waals surface area contributed by atoms with Gasteiger partial charge in [-0.15, -0.1) is 0 Å². The molecule has 2 rings (SSSR count). The van der Waals surface area contributed by atoms with E-state index in [9.17, 15) is 0 Å². The molecule has 0 unspecified atom stereocenters. The molecule has 0 bridgehead atoms. The summed E-state index contributed by atoms with van der Waals surface area (Å²) in [6, 6.07) is 8.21. The average molecular weight is 226 g/mol. The van der Waals surface area contributed by atoms with Gasteiger partial charge in [0, 0.05) is 19.8 Å². The summed E-state index contributed by atoms with van der Waals surface area (Å²) in [5.41, 5.74) is 3.85. The predicted octanol–water partition coefficient (Wildman–Crippen LogP) is 2.78. The highest BCUT2D eigenvalue weighted by molar-refractivity contribution is 5.70. The van der Waals surface area contributed by atoms with Crippen LogP contribution in [0.15, 0.2) is 35.1 Å². The van der Waals surface area contributed by atoms with Gasteiger partial charge in [0.25, 0.3) is 0 Å². The Hall–Kier alpha value is -2.21. The zero-order chi connectivity index (χ0) is 12.3. The van der Waals surface area contributed by atoms with Crippen LogP contribution in [0.5, 0.6) is 0 Å². The first-order valence-corrected chi connectivity index (χ1v) is 5.37. The van der Waals surface area contributed by atoms with Crippen LogP contribution in [0.1, 0.15) is 12.6 Å². The second kappa shape index (κ2) is 4.75. The number of hydrogen-bond acceptors (Lipinski definition) is 3. The van der Waals surface area contributed by atoms with Crippen molar-refractivity contribution in [1.29, 1.82) is 0 Å². The van der Waals surface area contributed by atoms with Crippen LogP contribution in [-0.4, -0.2) is 19.3 Å². The fourth-order valence-electron chi connectivity index (χ4n) is 1.59. The number of aromatic nitrogens is 1. The van der Waals surface area contributed by atoms with E-state index in [-0.39, 0.29) is 0 Å². The van der Waals surface area contributed by atoms with Gasteiger partial charge in [0.1, 0.15) is 6.26 Å². The number of rotatable bonds is 2. The van der Waals surface area contributed by atoms with Crippen molar-refractivity contribution < 1.29 is 4.52 Å². The van der Waals surface area contributed by atoms with Gasteiger partial charge in [-0.2, -0.15) is 0 Å². The molecule has 1 heterocycles. The fourth-order valence-corrected chi connectivity index (χ4v) is 1.59. The molecule has 0 saturated heterocycles. The Morgan fingerprint density at radius 2 is 1.88 bits per heavy atom. The fraction of sp³-hybridized carbons (Fsp3) is 0.214. The Morgan fingerprint density at radius 1 is 1.18 bits per heavy atom. The first-order chi connectivity index (χ1) is 8.22. The summed E-state index contributed by atoms with van der Waals surface area (Å²) < 4.78 is 4.97. The molecule has 0 aliphatic rings. The lowest BCUT2D eigenvalue weighted by atomic mass is 10.1. The monoisotopic (exact) mass is 226 g/mol. The van der Waals surface area contributed by atoms with Crippen molar-refractivity contribution in [2.45, 2.75) is 6.92 Å². The first kappa shape index (κ1) is 11.3. The largest absolute Gasteiger partial charge is 0.378 e. The summed E-state index contributed by atoms with van der Waals surface area (Å²) >= 11 is 0. The van der Waals surface area contributed by atoms with Gasteiger partial charge in [0.05, 0.1) is 5.56 Å². The number of benzene rings is 1. The van der Waals surface area contributed by atoms with Crippen molar-refractivity contribution in [3.63, 3.8) is 0 Å². The predicted molar refractivity (Wildman–Crippen MR) is 68.8 cm³/mol. The SMILES string of the molecule is CC#Cc1nocc1-c1ccc(N(C)C)cc1. The third-order valence-electron chi connectivity index (χ3n) is 2.51. The number of nitrogens with zero attached hydrogens (tertiary/aromatic N) is 2. The molecule has 17 heavy (non-hydrogen) atoms. The lowest BCUT2D eigenvalue weighted by Gasteiger charge is -2.12.